The molecular weight excluding hydrogens is 232 g/mol. The molecule has 1 N–H and O–H groups in total. The SMILES string of the molecule is CCC(C)(CC)CNC(=O)c1noc(OC)c1C. The third-order valence-electron chi connectivity index (χ3n) is 3.66. The number of rotatable bonds is 6. The monoisotopic (exact) mass is 254 g/mol. The molecular formula is C13H22N2O3. The molecule has 1 rings (SSSR count). The number of methoxy groups -OCH3 is 1. The molecule has 0 radical (unpaired) electrons. The van der Waals surface area contributed by atoms with E-state index in [0.29, 0.717) is 17.8 Å². The lowest BCUT2D eigenvalue weighted by Crippen LogP contribution is -2.35. The summed E-state index contributed by atoms with van der Waals surface area (Å²) in [4.78, 5) is 12.0. The molecule has 0 unspecified atom stereocenters. The number of hydrogen-bond acceptors (Lipinski definition) is 4. The summed E-state index contributed by atoms with van der Waals surface area (Å²) in [5.41, 5.74) is 1.04. The maximum Gasteiger partial charge on any atom is 0.314 e. The smallest absolute Gasteiger partial charge is 0.314 e. The van der Waals surface area contributed by atoms with Crippen molar-refractivity contribution in [3.05, 3.63) is 11.3 Å². The minimum absolute atomic E-state index is 0.122. The molecule has 0 spiro atoms. The van der Waals surface area contributed by atoms with E-state index in [9.17, 15) is 4.79 Å². The van der Waals surface area contributed by atoms with E-state index >= 15 is 0 Å². The first-order valence-electron chi connectivity index (χ1n) is 6.26. The number of amides is 1. The van der Waals surface area contributed by atoms with E-state index in [1.165, 1.54) is 7.11 Å². The van der Waals surface area contributed by atoms with Gasteiger partial charge in [-0.05, 0) is 25.2 Å². The van der Waals surface area contributed by atoms with Gasteiger partial charge in [0.25, 0.3) is 5.91 Å². The lowest BCUT2D eigenvalue weighted by Gasteiger charge is -2.26. The predicted octanol–water partition coefficient (Wildman–Crippen LogP) is 2.55. The van der Waals surface area contributed by atoms with Gasteiger partial charge in [0, 0.05) is 6.54 Å². The molecule has 0 aromatic carbocycles. The summed E-state index contributed by atoms with van der Waals surface area (Å²) in [6.45, 7) is 8.79. The first kappa shape index (κ1) is 14.5. The second-order valence-corrected chi connectivity index (χ2v) is 4.85. The zero-order valence-electron chi connectivity index (χ0n) is 11.8. The number of carbonyl (C=O) groups excluding carboxylic acids is 1. The summed E-state index contributed by atoms with van der Waals surface area (Å²) in [5.74, 6) is 0.0709. The Balaban J connectivity index is 2.68. The average molecular weight is 254 g/mol. The Labute approximate surface area is 108 Å². The number of nitrogens with zero attached hydrogens (tertiary/aromatic N) is 1. The highest BCUT2D eigenvalue weighted by atomic mass is 16.6. The molecule has 1 aromatic heterocycles. The van der Waals surface area contributed by atoms with Gasteiger partial charge in [0.05, 0.1) is 12.7 Å². The van der Waals surface area contributed by atoms with Crippen molar-refractivity contribution in [1.82, 2.24) is 10.5 Å². The quantitative estimate of drug-likeness (QED) is 0.847. The van der Waals surface area contributed by atoms with E-state index in [-0.39, 0.29) is 17.3 Å². The lowest BCUT2D eigenvalue weighted by atomic mass is 9.85. The third-order valence-corrected chi connectivity index (χ3v) is 3.66. The normalized spacial score (nSPS) is 11.4. The highest BCUT2D eigenvalue weighted by Gasteiger charge is 2.23. The molecule has 0 fully saturated rings. The van der Waals surface area contributed by atoms with Gasteiger partial charge in [0.2, 0.25) is 0 Å². The van der Waals surface area contributed by atoms with Gasteiger partial charge < -0.3 is 14.6 Å². The minimum atomic E-state index is -0.215. The van der Waals surface area contributed by atoms with E-state index < -0.39 is 0 Å². The van der Waals surface area contributed by atoms with Gasteiger partial charge in [-0.2, -0.15) is 0 Å². The van der Waals surface area contributed by atoms with E-state index in [2.05, 4.69) is 31.2 Å². The first-order chi connectivity index (χ1) is 8.47. The van der Waals surface area contributed by atoms with Crippen LogP contribution in [0.2, 0.25) is 0 Å². The maximum atomic E-state index is 12.0. The van der Waals surface area contributed by atoms with Gasteiger partial charge in [-0.15, -0.1) is 0 Å². The van der Waals surface area contributed by atoms with Crippen LogP contribution in [0.1, 0.15) is 49.7 Å². The van der Waals surface area contributed by atoms with Crippen LogP contribution >= 0.6 is 0 Å². The molecule has 1 amide bonds. The Morgan fingerprint density at radius 1 is 1.44 bits per heavy atom. The molecule has 0 aliphatic carbocycles. The number of hydrogen-bond donors (Lipinski definition) is 1. The average Bonchev–Trinajstić information content (AvgIpc) is 2.76. The van der Waals surface area contributed by atoms with Crippen molar-refractivity contribution < 1.29 is 14.1 Å². The highest BCUT2D eigenvalue weighted by Crippen LogP contribution is 2.24. The van der Waals surface area contributed by atoms with Gasteiger partial charge >= 0.3 is 5.95 Å². The first-order valence-corrected chi connectivity index (χ1v) is 6.26. The predicted molar refractivity (Wildman–Crippen MR) is 68.8 cm³/mol. The largest absolute Gasteiger partial charge is 0.467 e. The summed E-state index contributed by atoms with van der Waals surface area (Å²) in [6, 6.07) is 0. The standard InChI is InChI=1S/C13H22N2O3/c1-6-13(4,7-2)8-14-11(16)10-9(3)12(17-5)18-15-10/h6-8H2,1-5H3,(H,14,16). The highest BCUT2D eigenvalue weighted by molar-refractivity contribution is 5.93. The van der Waals surface area contributed by atoms with E-state index in [1.54, 1.807) is 6.92 Å². The van der Waals surface area contributed by atoms with Crippen LogP contribution < -0.4 is 10.1 Å². The molecule has 0 bridgehead atoms. The fourth-order valence-electron chi connectivity index (χ4n) is 1.60. The molecule has 1 aromatic rings. The van der Waals surface area contributed by atoms with Crippen LogP contribution in [0.3, 0.4) is 0 Å². The topological polar surface area (TPSA) is 64.4 Å². The molecule has 0 atom stereocenters. The molecule has 0 aliphatic rings. The van der Waals surface area contributed by atoms with Crippen LogP contribution in [-0.4, -0.2) is 24.7 Å². The molecule has 0 saturated heterocycles. The van der Waals surface area contributed by atoms with Crippen LogP contribution in [0.4, 0.5) is 0 Å². The zero-order chi connectivity index (χ0) is 13.8. The Morgan fingerprint density at radius 3 is 2.50 bits per heavy atom. The summed E-state index contributed by atoms with van der Waals surface area (Å²) in [7, 11) is 1.49. The molecule has 102 valence electrons. The van der Waals surface area contributed by atoms with Gasteiger partial charge in [0.1, 0.15) is 0 Å². The molecule has 18 heavy (non-hydrogen) atoms. The van der Waals surface area contributed by atoms with Crippen LogP contribution in [0.5, 0.6) is 5.95 Å². The van der Waals surface area contributed by atoms with Crippen molar-refractivity contribution in [1.29, 1.82) is 0 Å². The molecule has 5 heteroatoms. The second-order valence-electron chi connectivity index (χ2n) is 4.85. The van der Waals surface area contributed by atoms with Gasteiger partial charge in [0.15, 0.2) is 5.69 Å². The van der Waals surface area contributed by atoms with Crippen LogP contribution in [-0.2, 0) is 0 Å². The van der Waals surface area contributed by atoms with Gasteiger partial charge in [-0.1, -0.05) is 25.9 Å². The van der Waals surface area contributed by atoms with E-state index in [1.807, 2.05) is 0 Å². The Bertz CT molecular complexity index is 408. The summed E-state index contributed by atoms with van der Waals surface area (Å²) in [6.07, 6.45) is 2.04. The van der Waals surface area contributed by atoms with Gasteiger partial charge in [-0.3, -0.25) is 4.79 Å². The lowest BCUT2D eigenvalue weighted by molar-refractivity contribution is 0.0921. The number of nitrogens with one attached hydrogen (secondary N) is 1. The fraction of sp³-hybridized carbons (Fsp3) is 0.692. The molecule has 0 saturated carbocycles. The zero-order valence-corrected chi connectivity index (χ0v) is 11.8. The van der Waals surface area contributed by atoms with Crippen molar-refractivity contribution in [3.63, 3.8) is 0 Å². The van der Waals surface area contributed by atoms with E-state index in [4.69, 9.17) is 9.26 Å². The van der Waals surface area contributed by atoms with Crippen molar-refractivity contribution in [2.24, 2.45) is 5.41 Å². The van der Waals surface area contributed by atoms with Crippen LogP contribution in [0.25, 0.3) is 0 Å². The molecule has 5 nitrogen and oxygen atoms in total. The van der Waals surface area contributed by atoms with E-state index in [0.717, 1.165) is 12.8 Å². The Kier molecular flexibility index (Phi) is 4.76. The number of aromatic nitrogens is 1. The second kappa shape index (κ2) is 5.89. The minimum Gasteiger partial charge on any atom is -0.467 e. The number of ether oxygens (including phenoxy) is 1. The number of carbonyl (C=O) groups is 1. The summed E-state index contributed by atoms with van der Waals surface area (Å²) < 4.78 is 9.87. The molecule has 1 heterocycles. The van der Waals surface area contributed by atoms with Crippen molar-refractivity contribution >= 4 is 5.91 Å². The van der Waals surface area contributed by atoms with Crippen LogP contribution in [0.15, 0.2) is 4.52 Å². The van der Waals surface area contributed by atoms with Gasteiger partial charge in [-0.25, -0.2) is 0 Å². The maximum absolute atomic E-state index is 12.0. The fourth-order valence-corrected chi connectivity index (χ4v) is 1.60. The van der Waals surface area contributed by atoms with Crippen LogP contribution in [0, 0.1) is 12.3 Å². The van der Waals surface area contributed by atoms with Crippen molar-refractivity contribution in [3.8, 4) is 5.95 Å². The Hall–Kier alpha value is -1.52. The summed E-state index contributed by atoms with van der Waals surface area (Å²) in [5, 5.41) is 6.63. The van der Waals surface area contributed by atoms with Crippen molar-refractivity contribution in [2.75, 3.05) is 13.7 Å². The summed E-state index contributed by atoms with van der Waals surface area (Å²) >= 11 is 0. The van der Waals surface area contributed by atoms with Crippen molar-refractivity contribution in [2.45, 2.75) is 40.5 Å². The molecule has 0 aliphatic heterocycles. The Morgan fingerprint density at radius 2 is 2.06 bits per heavy atom. The third kappa shape index (κ3) is 3.03.